The molecule has 0 saturated carbocycles. The minimum absolute atomic E-state index is 0.155. The minimum atomic E-state index is -0.371. The van der Waals surface area contributed by atoms with E-state index in [1.54, 1.807) is 25.1 Å². The molecule has 0 aliphatic carbocycles. The van der Waals surface area contributed by atoms with Crippen molar-refractivity contribution in [2.24, 2.45) is 5.92 Å². The van der Waals surface area contributed by atoms with Crippen molar-refractivity contribution < 1.29 is 9.18 Å². The predicted molar refractivity (Wildman–Crippen MR) is 74.7 cm³/mol. The lowest BCUT2D eigenvalue weighted by atomic mass is 9.98. The Morgan fingerprint density at radius 1 is 1.37 bits per heavy atom. The molecule has 0 aromatic heterocycles. The highest BCUT2D eigenvalue weighted by molar-refractivity contribution is 5.94. The summed E-state index contributed by atoms with van der Waals surface area (Å²) >= 11 is 0. The second-order valence-electron chi connectivity index (χ2n) is 5.43. The van der Waals surface area contributed by atoms with Gasteiger partial charge in [-0.25, -0.2) is 4.39 Å². The van der Waals surface area contributed by atoms with Crippen molar-refractivity contribution in [2.45, 2.75) is 39.5 Å². The molecule has 1 heterocycles. The van der Waals surface area contributed by atoms with Crippen molar-refractivity contribution in [3.05, 3.63) is 35.1 Å². The summed E-state index contributed by atoms with van der Waals surface area (Å²) in [6.07, 6.45) is 4.41. The maximum absolute atomic E-state index is 14.0. The maximum atomic E-state index is 14.0. The largest absolute Gasteiger partial charge is 0.339 e. The van der Waals surface area contributed by atoms with Crippen LogP contribution in [0.1, 0.15) is 48.5 Å². The van der Waals surface area contributed by atoms with Gasteiger partial charge in [0.25, 0.3) is 5.91 Å². The highest BCUT2D eigenvalue weighted by Gasteiger charge is 2.23. The summed E-state index contributed by atoms with van der Waals surface area (Å²) < 4.78 is 14.0. The van der Waals surface area contributed by atoms with Crippen molar-refractivity contribution in [2.75, 3.05) is 13.1 Å². The summed E-state index contributed by atoms with van der Waals surface area (Å²) in [5, 5.41) is 0. The fourth-order valence-corrected chi connectivity index (χ4v) is 2.76. The van der Waals surface area contributed by atoms with E-state index in [0.717, 1.165) is 25.9 Å². The Hall–Kier alpha value is -1.38. The van der Waals surface area contributed by atoms with Crippen LogP contribution in [0, 0.1) is 18.7 Å². The van der Waals surface area contributed by atoms with E-state index in [1.807, 2.05) is 4.90 Å². The van der Waals surface area contributed by atoms with E-state index < -0.39 is 0 Å². The van der Waals surface area contributed by atoms with Gasteiger partial charge in [0.2, 0.25) is 0 Å². The summed E-state index contributed by atoms with van der Waals surface area (Å²) in [5.41, 5.74) is 0.752. The van der Waals surface area contributed by atoms with Crippen LogP contribution in [-0.2, 0) is 0 Å². The Bertz CT molecular complexity index is 458. The normalized spacial score (nSPS) is 20.2. The average Bonchev–Trinajstić information content (AvgIpc) is 2.66. The van der Waals surface area contributed by atoms with Gasteiger partial charge < -0.3 is 4.90 Å². The summed E-state index contributed by atoms with van der Waals surface area (Å²) in [4.78, 5) is 14.2. The Morgan fingerprint density at radius 2 is 2.16 bits per heavy atom. The van der Waals surface area contributed by atoms with Gasteiger partial charge in [-0.1, -0.05) is 25.5 Å². The first-order valence-electron chi connectivity index (χ1n) is 7.18. The molecule has 2 nitrogen and oxygen atoms in total. The van der Waals surface area contributed by atoms with Gasteiger partial charge in [0.1, 0.15) is 5.82 Å². The lowest BCUT2D eigenvalue weighted by Crippen LogP contribution is -2.32. The Balaban J connectivity index is 2.13. The van der Waals surface area contributed by atoms with Crippen molar-refractivity contribution in [1.82, 2.24) is 4.90 Å². The number of nitrogens with zero attached hydrogens (tertiary/aromatic N) is 1. The lowest BCUT2D eigenvalue weighted by molar-refractivity contribution is 0.0755. The molecule has 1 unspecified atom stereocenters. The quantitative estimate of drug-likeness (QED) is 0.795. The van der Waals surface area contributed by atoms with Gasteiger partial charge in [0.15, 0.2) is 0 Å². The zero-order chi connectivity index (χ0) is 13.8. The van der Waals surface area contributed by atoms with Crippen LogP contribution < -0.4 is 0 Å². The van der Waals surface area contributed by atoms with Crippen molar-refractivity contribution in [3.8, 4) is 0 Å². The van der Waals surface area contributed by atoms with Crippen LogP contribution in [0.25, 0.3) is 0 Å². The third-order valence-electron chi connectivity index (χ3n) is 4.13. The van der Waals surface area contributed by atoms with Gasteiger partial charge in [0, 0.05) is 13.1 Å². The molecule has 1 aromatic rings. The van der Waals surface area contributed by atoms with Crippen LogP contribution in [0.5, 0.6) is 0 Å². The molecule has 1 saturated heterocycles. The average molecular weight is 263 g/mol. The highest BCUT2D eigenvalue weighted by Crippen LogP contribution is 2.22. The Labute approximate surface area is 114 Å². The number of amides is 1. The fourth-order valence-electron chi connectivity index (χ4n) is 2.76. The van der Waals surface area contributed by atoms with Gasteiger partial charge in [-0.15, -0.1) is 0 Å². The van der Waals surface area contributed by atoms with Crippen LogP contribution in [-0.4, -0.2) is 23.9 Å². The van der Waals surface area contributed by atoms with Gasteiger partial charge in [-0.3, -0.25) is 4.79 Å². The van der Waals surface area contributed by atoms with Crippen LogP contribution in [0.2, 0.25) is 0 Å². The number of likely N-dealkylation sites (tertiary alicyclic amines) is 1. The van der Waals surface area contributed by atoms with Gasteiger partial charge in [-0.2, -0.15) is 0 Å². The molecule has 0 bridgehead atoms. The van der Waals surface area contributed by atoms with E-state index in [0.29, 0.717) is 11.5 Å². The van der Waals surface area contributed by atoms with E-state index in [1.165, 1.54) is 12.8 Å². The first kappa shape index (κ1) is 14.0. The van der Waals surface area contributed by atoms with Crippen LogP contribution >= 0.6 is 0 Å². The van der Waals surface area contributed by atoms with Gasteiger partial charge >= 0.3 is 0 Å². The molecule has 19 heavy (non-hydrogen) atoms. The molecule has 1 aliphatic heterocycles. The number of hydrogen-bond acceptors (Lipinski definition) is 1. The fraction of sp³-hybridized carbons (Fsp3) is 0.562. The first-order valence-corrected chi connectivity index (χ1v) is 7.18. The number of aryl methyl sites for hydroxylation is 1. The lowest BCUT2D eigenvalue weighted by Gasteiger charge is -2.21. The van der Waals surface area contributed by atoms with Crippen molar-refractivity contribution in [3.63, 3.8) is 0 Å². The Kier molecular flexibility index (Phi) is 4.56. The number of rotatable bonds is 2. The molecule has 3 heteroatoms. The molecule has 1 atom stereocenters. The molecular formula is C16H22FNO. The van der Waals surface area contributed by atoms with Crippen LogP contribution in [0.4, 0.5) is 4.39 Å². The summed E-state index contributed by atoms with van der Waals surface area (Å²) in [7, 11) is 0. The molecule has 1 amide bonds. The smallest absolute Gasteiger partial charge is 0.256 e. The first-order chi connectivity index (χ1) is 9.13. The van der Waals surface area contributed by atoms with Crippen molar-refractivity contribution in [1.29, 1.82) is 0 Å². The molecular weight excluding hydrogens is 241 g/mol. The van der Waals surface area contributed by atoms with Crippen molar-refractivity contribution >= 4 is 5.91 Å². The number of halogens is 1. The van der Waals surface area contributed by atoms with Gasteiger partial charge in [0.05, 0.1) is 5.56 Å². The number of hydrogen-bond donors (Lipinski definition) is 0. The monoisotopic (exact) mass is 263 g/mol. The van der Waals surface area contributed by atoms with E-state index in [-0.39, 0.29) is 17.3 Å². The van der Waals surface area contributed by atoms with E-state index in [4.69, 9.17) is 0 Å². The zero-order valence-electron chi connectivity index (χ0n) is 11.8. The highest BCUT2D eigenvalue weighted by atomic mass is 19.1. The maximum Gasteiger partial charge on any atom is 0.256 e. The summed E-state index contributed by atoms with van der Waals surface area (Å²) in [6, 6.07) is 5.03. The molecule has 1 aliphatic rings. The van der Waals surface area contributed by atoms with Crippen LogP contribution in [0.3, 0.4) is 0 Å². The summed E-state index contributed by atoms with van der Waals surface area (Å²) in [6.45, 7) is 5.40. The second kappa shape index (κ2) is 6.18. The zero-order valence-corrected chi connectivity index (χ0v) is 11.8. The standard InChI is InChI=1S/C16H22FNO/c1-3-13-7-5-10-18(11-9-13)16(19)14-8-4-6-12(2)15(14)17/h4,6,8,13H,3,5,7,9-11H2,1-2H3. The number of carbonyl (C=O) groups excluding carboxylic acids is 1. The van der Waals surface area contributed by atoms with E-state index in [2.05, 4.69) is 6.92 Å². The topological polar surface area (TPSA) is 20.3 Å². The number of carbonyl (C=O) groups is 1. The third kappa shape index (κ3) is 3.14. The minimum Gasteiger partial charge on any atom is -0.339 e. The molecule has 0 spiro atoms. The molecule has 1 fully saturated rings. The molecule has 0 radical (unpaired) electrons. The van der Waals surface area contributed by atoms with Gasteiger partial charge in [-0.05, 0) is 43.7 Å². The second-order valence-corrected chi connectivity index (χ2v) is 5.43. The van der Waals surface area contributed by atoms with E-state index in [9.17, 15) is 9.18 Å². The molecule has 1 aromatic carbocycles. The summed E-state index contributed by atoms with van der Waals surface area (Å²) in [5.74, 6) is 0.182. The molecule has 0 N–H and O–H groups in total. The SMILES string of the molecule is CCC1CCCN(C(=O)c2cccc(C)c2F)CC1. The number of benzene rings is 1. The molecule has 2 rings (SSSR count). The Morgan fingerprint density at radius 3 is 2.89 bits per heavy atom. The van der Waals surface area contributed by atoms with Crippen LogP contribution in [0.15, 0.2) is 18.2 Å². The predicted octanol–water partition coefficient (Wildman–Crippen LogP) is 3.79. The van der Waals surface area contributed by atoms with E-state index >= 15 is 0 Å². The third-order valence-corrected chi connectivity index (χ3v) is 4.13. The molecule has 104 valence electrons.